The van der Waals surface area contributed by atoms with Gasteiger partial charge >= 0.3 is 17.1 Å². The fraction of sp³-hybridized carbons (Fsp3) is 0. The Morgan fingerprint density at radius 1 is 0.421 bits per heavy atom. The largest absolute Gasteiger partial charge is 3.00 e. The molecule has 18 N–H and O–H groups in total. The summed E-state index contributed by atoms with van der Waals surface area (Å²) in [6, 6.07) is 0. The van der Waals surface area contributed by atoms with Gasteiger partial charge in [0.05, 0.1) is 15.3 Å². The van der Waals surface area contributed by atoms with E-state index in [1.54, 1.807) is 0 Å². The molecule has 0 amide bonds. The molecule has 0 aliphatic rings. The van der Waals surface area contributed by atoms with Crippen molar-refractivity contribution in [3.05, 3.63) is 46.0 Å². The molecule has 0 heterocycles. The molecule has 125 valence electrons. The standard InChI is InChI=1S/Fe.3NO3.6H3N/c;3*2-1(3)4;;;;;;/h;;;;6*1H3/q+3;3*-1;;;;;;. The van der Waals surface area contributed by atoms with Gasteiger partial charge in [-0.15, -0.1) is 0 Å². The number of rotatable bonds is 0. The van der Waals surface area contributed by atoms with Crippen LogP contribution in [0.15, 0.2) is 0 Å². The molecule has 0 spiro atoms. The van der Waals surface area contributed by atoms with E-state index >= 15 is 0 Å². The summed E-state index contributed by atoms with van der Waals surface area (Å²) >= 11 is 0. The smallest absolute Gasteiger partial charge is 0.356 e. The SMILES string of the molecule is N.N.N.N.N.N.O=[N+]([O-])[O-].O=[N+]([O-])[O-].O=[N+]([O-])[O-].[Fe+3]. The summed E-state index contributed by atoms with van der Waals surface area (Å²) in [5, 5.41) is 44.2. The molecule has 19 heteroatoms. The summed E-state index contributed by atoms with van der Waals surface area (Å²) in [6.07, 6.45) is 0. The van der Waals surface area contributed by atoms with Gasteiger partial charge in [0.1, 0.15) is 0 Å². The summed E-state index contributed by atoms with van der Waals surface area (Å²) in [7, 11) is 0. The molecule has 0 atom stereocenters. The fourth-order valence-corrected chi connectivity index (χ4v) is 0. The zero-order chi connectivity index (χ0) is 10.7. The molecule has 19 heavy (non-hydrogen) atoms. The Balaban J connectivity index is -0.00000000675. The quantitative estimate of drug-likeness (QED) is 0.194. The van der Waals surface area contributed by atoms with Crippen molar-refractivity contribution >= 4 is 0 Å². The maximum Gasteiger partial charge on any atom is 3.00 e. The number of hydrogen-bond donors (Lipinski definition) is 6. The van der Waals surface area contributed by atoms with Gasteiger partial charge in [-0.1, -0.05) is 0 Å². The van der Waals surface area contributed by atoms with E-state index < -0.39 is 15.3 Å². The van der Waals surface area contributed by atoms with Crippen LogP contribution in [0.25, 0.3) is 0 Å². The van der Waals surface area contributed by atoms with Crippen LogP contribution in [0.5, 0.6) is 0 Å². The van der Waals surface area contributed by atoms with Crippen LogP contribution in [0.3, 0.4) is 0 Å². The van der Waals surface area contributed by atoms with Crippen molar-refractivity contribution < 1.29 is 32.3 Å². The summed E-state index contributed by atoms with van der Waals surface area (Å²) in [5.74, 6) is 0. The third-order valence-corrected chi connectivity index (χ3v) is 0. The first-order chi connectivity index (χ1) is 5.20. The van der Waals surface area contributed by atoms with Crippen LogP contribution in [-0.2, 0) is 17.1 Å². The zero-order valence-electron chi connectivity index (χ0n) is 9.61. The third-order valence-electron chi connectivity index (χ3n) is 0. The van der Waals surface area contributed by atoms with Crippen LogP contribution in [0, 0.1) is 46.0 Å². The molecule has 0 aliphatic heterocycles. The van der Waals surface area contributed by atoms with Crippen molar-refractivity contribution in [2.24, 2.45) is 0 Å². The fourth-order valence-electron chi connectivity index (χ4n) is 0. The number of nitrogens with zero attached hydrogens (tertiary/aromatic N) is 3. The first kappa shape index (κ1) is 89.9. The van der Waals surface area contributed by atoms with Crippen LogP contribution < -0.4 is 36.9 Å². The molecule has 0 aromatic rings. The monoisotopic (exact) mass is 344 g/mol. The van der Waals surface area contributed by atoms with E-state index in [9.17, 15) is 0 Å². The van der Waals surface area contributed by atoms with E-state index in [4.69, 9.17) is 46.0 Å². The molecular weight excluding hydrogens is 326 g/mol. The molecule has 0 bridgehead atoms. The van der Waals surface area contributed by atoms with Crippen LogP contribution in [-0.4, -0.2) is 15.3 Å². The summed E-state index contributed by atoms with van der Waals surface area (Å²) in [6.45, 7) is 0. The van der Waals surface area contributed by atoms with Crippen LogP contribution >= 0.6 is 0 Å². The van der Waals surface area contributed by atoms with Gasteiger partial charge in [-0.05, 0) is 0 Å². The van der Waals surface area contributed by atoms with Gasteiger partial charge in [-0.2, -0.15) is 0 Å². The van der Waals surface area contributed by atoms with E-state index in [-0.39, 0.29) is 54.0 Å². The van der Waals surface area contributed by atoms with Gasteiger partial charge in [-0.3, -0.25) is 0 Å². The molecular formula is H18FeN9O9. The normalized spacial score (nSPS) is 3.79. The number of hydrogen-bond acceptors (Lipinski definition) is 15. The van der Waals surface area contributed by atoms with E-state index in [0.29, 0.717) is 0 Å². The second kappa shape index (κ2) is 74.3. The first-order valence-corrected chi connectivity index (χ1v) is 1.64. The zero-order valence-corrected chi connectivity index (χ0v) is 10.7. The predicted molar refractivity (Wildman–Crippen MR) is 61.2 cm³/mol. The first-order valence-electron chi connectivity index (χ1n) is 1.64. The Kier molecular flexibility index (Phi) is 352. The maximum atomic E-state index is 8.25. The molecule has 0 saturated heterocycles. The van der Waals surface area contributed by atoms with Gasteiger partial charge < -0.3 is 82.9 Å². The second-order valence-electron chi connectivity index (χ2n) is 0.671. The predicted octanol–water partition coefficient (Wildman–Crippen LogP) is 0.252. The molecule has 18 nitrogen and oxygen atoms in total. The summed E-state index contributed by atoms with van der Waals surface area (Å²) < 4.78 is 0. The minimum atomic E-state index is -1.75. The van der Waals surface area contributed by atoms with E-state index in [0.717, 1.165) is 0 Å². The third kappa shape index (κ3) is 680. The molecule has 0 aliphatic carbocycles. The maximum absolute atomic E-state index is 8.25. The Bertz CT molecular complexity index is 121. The summed E-state index contributed by atoms with van der Waals surface area (Å²) in [5.41, 5.74) is 0. The Hall–Kier alpha value is -2.12. The average molecular weight is 344 g/mol. The van der Waals surface area contributed by atoms with Crippen LogP contribution in [0.2, 0.25) is 0 Å². The summed E-state index contributed by atoms with van der Waals surface area (Å²) in [4.78, 5) is 24.8. The van der Waals surface area contributed by atoms with Crippen molar-refractivity contribution in [1.82, 2.24) is 36.9 Å². The molecule has 0 aromatic carbocycles. The van der Waals surface area contributed by atoms with Crippen molar-refractivity contribution in [3.63, 3.8) is 0 Å². The molecule has 0 rings (SSSR count). The Morgan fingerprint density at radius 3 is 0.421 bits per heavy atom. The minimum absolute atomic E-state index is 0. The van der Waals surface area contributed by atoms with E-state index in [1.807, 2.05) is 0 Å². The van der Waals surface area contributed by atoms with Crippen molar-refractivity contribution in [2.75, 3.05) is 0 Å². The second-order valence-corrected chi connectivity index (χ2v) is 0.671. The average Bonchev–Trinajstić information content (AvgIpc) is 1.54. The molecule has 0 unspecified atom stereocenters. The van der Waals surface area contributed by atoms with Gasteiger partial charge in [-0.25, -0.2) is 0 Å². The van der Waals surface area contributed by atoms with Gasteiger partial charge in [0.15, 0.2) is 0 Å². The van der Waals surface area contributed by atoms with Crippen molar-refractivity contribution in [3.8, 4) is 0 Å². The minimum Gasteiger partial charge on any atom is -0.356 e. The Labute approximate surface area is 116 Å². The van der Waals surface area contributed by atoms with Gasteiger partial charge in [0.2, 0.25) is 0 Å². The van der Waals surface area contributed by atoms with Gasteiger partial charge in [0.25, 0.3) is 0 Å². The van der Waals surface area contributed by atoms with Crippen LogP contribution in [0.4, 0.5) is 0 Å². The van der Waals surface area contributed by atoms with Crippen molar-refractivity contribution in [1.29, 1.82) is 0 Å². The Morgan fingerprint density at radius 2 is 0.421 bits per heavy atom. The molecule has 0 fully saturated rings. The molecule has 1 radical (unpaired) electrons. The topological polar surface area (TPSA) is 409 Å². The molecule has 0 aromatic heterocycles. The van der Waals surface area contributed by atoms with Gasteiger partial charge in [0, 0.05) is 0 Å². The van der Waals surface area contributed by atoms with Crippen molar-refractivity contribution in [2.45, 2.75) is 0 Å². The van der Waals surface area contributed by atoms with Crippen LogP contribution in [0.1, 0.15) is 0 Å². The van der Waals surface area contributed by atoms with E-state index in [2.05, 4.69) is 0 Å². The molecule has 0 saturated carbocycles. The van der Waals surface area contributed by atoms with E-state index in [1.165, 1.54) is 0 Å².